The van der Waals surface area contributed by atoms with Gasteiger partial charge in [0.15, 0.2) is 5.96 Å². The summed E-state index contributed by atoms with van der Waals surface area (Å²) in [5.41, 5.74) is 7.03. The maximum atomic E-state index is 13.9. The van der Waals surface area contributed by atoms with Crippen LogP contribution >= 0.6 is 0 Å². The summed E-state index contributed by atoms with van der Waals surface area (Å²) < 4.78 is 13.9. The van der Waals surface area contributed by atoms with Crippen molar-refractivity contribution in [2.45, 2.75) is 32.4 Å². The first-order valence-electron chi connectivity index (χ1n) is 9.05. The maximum absolute atomic E-state index is 13.9. The molecule has 1 heterocycles. The lowest BCUT2D eigenvalue weighted by Gasteiger charge is -2.34. The van der Waals surface area contributed by atoms with Crippen molar-refractivity contribution in [1.29, 1.82) is 0 Å². The summed E-state index contributed by atoms with van der Waals surface area (Å²) in [6.45, 7) is 2.82. The number of nitrogens with zero attached hydrogens (tertiary/aromatic N) is 3. The average Bonchev–Trinajstić information content (AvgIpc) is 2.57. The number of carbonyl (C=O) groups is 1. The van der Waals surface area contributed by atoms with E-state index in [1.807, 2.05) is 25.1 Å². The second-order valence-corrected chi connectivity index (χ2v) is 7.19. The summed E-state index contributed by atoms with van der Waals surface area (Å²) >= 11 is 0. The smallest absolute Gasteiger partial charge is 0.217 e. The van der Waals surface area contributed by atoms with Crippen LogP contribution in [-0.2, 0) is 17.9 Å². The number of amides is 1. The van der Waals surface area contributed by atoms with E-state index in [9.17, 15) is 9.18 Å². The Bertz CT molecular complexity index is 647. The highest BCUT2D eigenvalue weighted by Crippen LogP contribution is 2.19. The summed E-state index contributed by atoms with van der Waals surface area (Å²) in [6.07, 6.45) is 2.45. The van der Waals surface area contributed by atoms with Gasteiger partial charge in [0.2, 0.25) is 5.91 Å². The van der Waals surface area contributed by atoms with Crippen molar-refractivity contribution in [3.8, 4) is 0 Å². The van der Waals surface area contributed by atoms with Crippen LogP contribution in [0, 0.1) is 11.7 Å². The van der Waals surface area contributed by atoms with E-state index < -0.39 is 0 Å². The fraction of sp³-hybridized carbons (Fsp3) is 0.579. The van der Waals surface area contributed by atoms with Gasteiger partial charge < -0.3 is 20.9 Å². The van der Waals surface area contributed by atoms with Crippen molar-refractivity contribution < 1.29 is 9.18 Å². The lowest BCUT2D eigenvalue weighted by atomic mass is 9.95. The second kappa shape index (κ2) is 9.52. The molecular weight excluding hydrogens is 333 g/mol. The Hall–Kier alpha value is -2.15. The van der Waals surface area contributed by atoms with Crippen LogP contribution in [0.25, 0.3) is 0 Å². The van der Waals surface area contributed by atoms with Crippen LogP contribution in [0.2, 0.25) is 0 Å². The molecule has 0 aromatic heterocycles. The summed E-state index contributed by atoms with van der Waals surface area (Å²) in [6, 6.07) is 5.20. The molecule has 0 saturated carbocycles. The van der Waals surface area contributed by atoms with E-state index in [0.717, 1.165) is 37.5 Å². The third-order valence-electron chi connectivity index (χ3n) is 4.57. The molecule has 1 aliphatic heterocycles. The minimum absolute atomic E-state index is 0.183. The van der Waals surface area contributed by atoms with Gasteiger partial charge in [-0.25, -0.2) is 4.39 Å². The van der Waals surface area contributed by atoms with E-state index in [-0.39, 0.29) is 17.6 Å². The number of primary amides is 1. The van der Waals surface area contributed by atoms with E-state index in [1.54, 1.807) is 13.1 Å². The first-order chi connectivity index (χ1) is 12.4. The third-order valence-corrected chi connectivity index (χ3v) is 4.57. The molecule has 26 heavy (non-hydrogen) atoms. The van der Waals surface area contributed by atoms with Crippen LogP contribution in [0.4, 0.5) is 4.39 Å². The number of nitrogens with two attached hydrogens (primary N) is 1. The Morgan fingerprint density at radius 3 is 2.88 bits per heavy atom. The van der Waals surface area contributed by atoms with Crippen molar-refractivity contribution in [1.82, 2.24) is 15.1 Å². The molecule has 7 heteroatoms. The fourth-order valence-electron chi connectivity index (χ4n) is 3.42. The number of piperidine rings is 1. The number of rotatable bonds is 6. The largest absolute Gasteiger partial charge is 0.370 e. The minimum atomic E-state index is -0.250. The maximum Gasteiger partial charge on any atom is 0.217 e. The second-order valence-electron chi connectivity index (χ2n) is 7.19. The van der Waals surface area contributed by atoms with E-state index >= 15 is 0 Å². The van der Waals surface area contributed by atoms with Crippen LogP contribution < -0.4 is 11.1 Å². The number of hydrogen-bond donors (Lipinski definition) is 2. The van der Waals surface area contributed by atoms with Gasteiger partial charge in [-0.1, -0.05) is 6.07 Å². The topological polar surface area (TPSA) is 74.0 Å². The standard InChI is InChI=1S/C19H30FN5O/c1-22-19(25-8-4-5-15(12-25)10-18(21)26)23-11-14-6-7-17(20)16(9-14)13-24(2)3/h6-7,9,15H,4-5,8,10-13H2,1-3H3,(H2,21,26)(H,22,23). The Balaban J connectivity index is 1.97. The molecule has 144 valence electrons. The van der Waals surface area contributed by atoms with E-state index in [4.69, 9.17) is 5.73 Å². The van der Waals surface area contributed by atoms with Crippen molar-refractivity contribution in [2.24, 2.45) is 16.6 Å². The normalized spacial score (nSPS) is 18.3. The predicted molar refractivity (Wildman–Crippen MR) is 102 cm³/mol. The minimum Gasteiger partial charge on any atom is -0.370 e. The molecule has 6 nitrogen and oxygen atoms in total. The highest BCUT2D eigenvalue weighted by molar-refractivity contribution is 5.80. The quantitative estimate of drug-likeness (QED) is 0.594. The van der Waals surface area contributed by atoms with Crippen LogP contribution in [0.5, 0.6) is 0 Å². The van der Waals surface area contributed by atoms with Crippen molar-refractivity contribution in [2.75, 3.05) is 34.2 Å². The van der Waals surface area contributed by atoms with E-state index in [2.05, 4.69) is 15.2 Å². The zero-order valence-corrected chi connectivity index (χ0v) is 16.0. The van der Waals surface area contributed by atoms with E-state index in [1.165, 1.54) is 6.07 Å². The lowest BCUT2D eigenvalue weighted by molar-refractivity contribution is -0.119. The van der Waals surface area contributed by atoms with Crippen LogP contribution in [0.1, 0.15) is 30.4 Å². The van der Waals surface area contributed by atoms with Gasteiger partial charge >= 0.3 is 0 Å². The molecule has 0 bridgehead atoms. The molecule has 0 spiro atoms. The van der Waals surface area contributed by atoms with Crippen LogP contribution in [0.3, 0.4) is 0 Å². The summed E-state index contributed by atoms with van der Waals surface area (Å²) in [4.78, 5) is 19.7. The molecular formula is C19H30FN5O. The number of nitrogens with one attached hydrogen (secondary N) is 1. The molecule has 1 aromatic rings. The third kappa shape index (κ3) is 5.98. The zero-order valence-electron chi connectivity index (χ0n) is 16.0. The van der Waals surface area contributed by atoms with Gasteiger partial charge in [-0.15, -0.1) is 0 Å². The highest BCUT2D eigenvalue weighted by atomic mass is 19.1. The number of benzene rings is 1. The first kappa shape index (κ1) is 20.2. The number of carbonyl (C=O) groups excluding carboxylic acids is 1. The number of hydrogen-bond acceptors (Lipinski definition) is 3. The van der Waals surface area contributed by atoms with Gasteiger partial charge in [-0.3, -0.25) is 9.79 Å². The molecule has 1 amide bonds. The molecule has 2 rings (SSSR count). The summed E-state index contributed by atoms with van der Waals surface area (Å²) in [7, 11) is 5.60. The Morgan fingerprint density at radius 1 is 1.46 bits per heavy atom. The Morgan fingerprint density at radius 2 is 2.23 bits per heavy atom. The SMILES string of the molecule is CN=C(NCc1ccc(F)c(CN(C)C)c1)N1CCCC(CC(N)=O)C1. The Labute approximate surface area is 155 Å². The molecule has 1 saturated heterocycles. The highest BCUT2D eigenvalue weighted by Gasteiger charge is 2.23. The zero-order chi connectivity index (χ0) is 19.1. The van der Waals surface area contributed by atoms with Crippen molar-refractivity contribution in [3.63, 3.8) is 0 Å². The van der Waals surface area contributed by atoms with Crippen molar-refractivity contribution in [3.05, 3.63) is 35.1 Å². The molecule has 0 aliphatic carbocycles. The van der Waals surface area contributed by atoms with Gasteiger partial charge in [0, 0.05) is 45.2 Å². The van der Waals surface area contributed by atoms with Crippen LogP contribution in [0.15, 0.2) is 23.2 Å². The van der Waals surface area contributed by atoms with Gasteiger partial charge in [0.25, 0.3) is 0 Å². The number of likely N-dealkylation sites (tertiary alicyclic amines) is 1. The summed E-state index contributed by atoms with van der Waals surface area (Å²) in [5, 5.41) is 3.35. The predicted octanol–water partition coefficient (Wildman–Crippen LogP) is 1.55. The molecule has 3 N–H and O–H groups in total. The average molecular weight is 363 g/mol. The first-order valence-corrected chi connectivity index (χ1v) is 9.05. The van der Waals surface area contributed by atoms with Gasteiger partial charge in [-0.2, -0.15) is 0 Å². The fourth-order valence-corrected chi connectivity index (χ4v) is 3.42. The number of aliphatic imine (C=N–C) groups is 1. The van der Waals surface area contributed by atoms with Crippen molar-refractivity contribution >= 4 is 11.9 Å². The molecule has 1 fully saturated rings. The summed E-state index contributed by atoms with van der Waals surface area (Å²) in [5.74, 6) is 0.645. The Kier molecular flexibility index (Phi) is 7.38. The molecule has 1 atom stereocenters. The number of halogens is 1. The monoisotopic (exact) mass is 363 g/mol. The van der Waals surface area contributed by atoms with E-state index in [0.29, 0.717) is 25.1 Å². The molecule has 1 aliphatic rings. The van der Waals surface area contributed by atoms with Gasteiger partial charge in [-0.05, 0) is 50.6 Å². The molecule has 1 unspecified atom stereocenters. The lowest BCUT2D eigenvalue weighted by Crippen LogP contribution is -2.46. The van der Waals surface area contributed by atoms with Crippen LogP contribution in [-0.4, -0.2) is 55.9 Å². The molecule has 0 radical (unpaired) electrons. The molecule has 1 aromatic carbocycles. The number of guanidine groups is 1. The van der Waals surface area contributed by atoms with Gasteiger partial charge in [0.05, 0.1) is 0 Å². The van der Waals surface area contributed by atoms with Gasteiger partial charge in [0.1, 0.15) is 5.82 Å².